The molecule has 0 radical (unpaired) electrons. The van der Waals surface area contributed by atoms with Gasteiger partial charge in [-0.15, -0.1) is 0 Å². The number of halogens is 2. The van der Waals surface area contributed by atoms with Crippen LogP contribution in [0.1, 0.15) is 28.9 Å². The summed E-state index contributed by atoms with van der Waals surface area (Å²) in [6, 6.07) is 11.1. The number of carbonyl (C=O) groups is 1. The van der Waals surface area contributed by atoms with E-state index in [0.29, 0.717) is 16.3 Å². The third-order valence-corrected chi connectivity index (χ3v) is 4.60. The zero-order valence-corrected chi connectivity index (χ0v) is 13.8. The van der Waals surface area contributed by atoms with Crippen molar-refractivity contribution in [3.63, 3.8) is 0 Å². The van der Waals surface area contributed by atoms with E-state index in [0.717, 1.165) is 18.4 Å². The van der Waals surface area contributed by atoms with E-state index in [9.17, 15) is 10.1 Å². The summed E-state index contributed by atoms with van der Waals surface area (Å²) in [6.45, 7) is 0. The summed E-state index contributed by atoms with van der Waals surface area (Å²) in [4.78, 5) is 15.9. The summed E-state index contributed by atoms with van der Waals surface area (Å²) in [5, 5.41) is 9.97. The SMILES string of the molecule is COC(=O)c1nc(-c2ccc(C3(C#N)CC3)cc2Cl)ccc1Cl. The maximum atomic E-state index is 11.7. The predicted octanol–water partition coefficient (Wildman–Crippen LogP) is 4.40. The Hall–Kier alpha value is -2.09. The van der Waals surface area contributed by atoms with Gasteiger partial charge in [0.25, 0.3) is 0 Å². The number of hydrogen-bond donors (Lipinski definition) is 0. The second kappa shape index (κ2) is 5.84. The Labute approximate surface area is 143 Å². The molecule has 3 rings (SSSR count). The Kier molecular flexibility index (Phi) is 4.01. The average molecular weight is 347 g/mol. The number of pyridine rings is 1. The number of carbonyl (C=O) groups excluding carboxylic acids is 1. The molecule has 0 N–H and O–H groups in total. The van der Waals surface area contributed by atoms with E-state index < -0.39 is 11.4 Å². The van der Waals surface area contributed by atoms with Crippen molar-refractivity contribution in [1.82, 2.24) is 4.98 Å². The minimum atomic E-state index is -0.606. The van der Waals surface area contributed by atoms with Gasteiger partial charge in [0.2, 0.25) is 0 Å². The van der Waals surface area contributed by atoms with E-state index in [1.807, 2.05) is 12.1 Å². The van der Waals surface area contributed by atoms with E-state index >= 15 is 0 Å². The molecule has 0 unspecified atom stereocenters. The van der Waals surface area contributed by atoms with Crippen LogP contribution in [0.4, 0.5) is 0 Å². The molecule has 0 spiro atoms. The fraction of sp³-hybridized carbons (Fsp3) is 0.235. The Morgan fingerprint density at radius 3 is 2.57 bits per heavy atom. The third kappa shape index (κ3) is 2.78. The highest BCUT2D eigenvalue weighted by atomic mass is 35.5. The van der Waals surface area contributed by atoms with Crippen LogP contribution in [0.3, 0.4) is 0 Å². The molecule has 23 heavy (non-hydrogen) atoms. The second-order valence-electron chi connectivity index (χ2n) is 5.41. The molecule has 0 aliphatic heterocycles. The quantitative estimate of drug-likeness (QED) is 0.772. The molecule has 0 saturated heterocycles. The number of nitrogens with zero attached hydrogens (tertiary/aromatic N) is 2. The van der Waals surface area contributed by atoms with Crippen molar-refractivity contribution in [2.45, 2.75) is 18.3 Å². The second-order valence-corrected chi connectivity index (χ2v) is 6.22. The summed E-state index contributed by atoms with van der Waals surface area (Å²) in [7, 11) is 1.27. The Morgan fingerprint density at radius 2 is 2.00 bits per heavy atom. The number of rotatable bonds is 3. The predicted molar refractivity (Wildman–Crippen MR) is 87.6 cm³/mol. The lowest BCUT2D eigenvalue weighted by Crippen LogP contribution is -2.06. The van der Waals surface area contributed by atoms with Crippen LogP contribution in [-0.4, -0.2) is 18.1 Å². The van der Waals surface area contributed by atoms with Gasteiger partial charge in [-0.05, 0) is 36.6 Å². The highest BCUT2D eigenvalue weighted by Crippen LogP contribution is 2.48. The van der Waals surface area contributed by atoms with Crippen molar-refractivity contribution in [2.24, 2.45) is 0 Å². The Balaban J connectivity index is 2.03. The maximum Gasteiger partial charge on any atom is 0.358 e. The van der Waals surface area contributed by atoms with Crippen LogP contribution in [0.5, 0.6) is 0 Å². The first-order valence-electron chi connectivity index (χ1n) is 6.97. The van der Waals surface area contributed by atoms with Crippen LogP contribution in [0.2, 0.25) is 10.0 Å². The van der Waals surface area contributed by atoms with Gasteiger partial charge in [0, 0.05) is 5.56 Å². The molecule has 1 aliphatic carbocycles. The summed E-state index contributed by atoms with van der Waals surface area (Å²) in [5.41, 5.74) is 1.75. The highest BCUT2D eigenvalue weighted by molar-refractivity contribution is 6.34. The van der Waals surface area contributed by atoms with Crippen LogP contribution < -0.4 is 0 Å². The molecule has 1 aromatic heterocycles. The minimum absolute atomic E-state index is 0.0440. The Bertz CT molecular complexity index is 839. The fourth-order valence-electron chi connectivity index (χ4n) is 2.44. The number of aromatic nitrogens is 1. The zero-order chi connectivity index (χ0) is 16.6. The Morgan fingerprint density at radius 1 is 1.26 bits per heavy atom. The van der Waals surface area contributed by atoms with Gasteiger partial charge in [0.1, 0.15) is 0 Å². The summed E-state index contributed by atoms with van der Waals surface area (Å²) in [5.74, 6) is -0.606. The van der Waals surface area contributed by atoms with E-state index in [1.54, 1.807) is 18.2 Å². The number of hydrogen-bond acceptors (Lipinski definition) is 4. The lowest BCUT2D eigenvalue weighted by atomic mass is 9.96. The molecular weight excluding hydrogens is 335 g/mol. The summed E-state index contributed by atoms with van der Waals surface area (Å²) >= 11 is 12.3. The number of methoxy groups -OCH3 is 1. The zero-order valence-electron chi connectivity index (χ0n) is 12.3. The molecule has 1 aliphatic rings. The molecular formula is C17H12Cl2N2O2. The van der Waals surface area contributed by atoms with Gasteiger partial charge in [-0.2, -0.15) is 5.26 Å². The molecule has 2 aromatic rings. The van der Waals surface area contributed by atoms with Gasteiger partial charge in [0.15, 0.2) is 5.69 Å². The van der Waals surface area contributed by atoms with Crippen molar-refractivity contribution in [3.05, 3.63) is 51.6 Å². The first-order chi connectivity index (χ1) is 11.0. The first-order valence-corrected chi connectivity index (χ1v) is 7.73. The maximum absolute atomic E-state index is 11.7. The topological polar surface area (TPSA) is 63.0 Å². The smallest absolute Gasteiger partial charge is 0.358 e. The van der Waals surface area contributed by atoms with Gasteiger partial charge in [-0.3, -0.25) is 0 Å². The fourth-order valence-corrected chi connectivity index (χ4v) is 2.90. The molecule has 1 fully saturated rings. The van der Waals surface area contributed by atoms with Gasteiger partial charge < -0.3 is 4.74 Å². The summed E-state index contributed by atoms with van der Waals surface area (Å²) in [6.07, 6.45) is 1.70. The summed E-state index contributed by atoms with van der Waals surface area (Å²) < 4.78 is 4.67. The number of benzene rings is 1. The van der Waals surface area contributed by atoms with Crippen molar-refractivity contribution in [3.8, 4) is 17.3 Å². The van der Waals surface area contributed by atoms with E-state index in [-0.39, 0.29) is 10.7 Å². The molecule has 6 heteroatoms. The van der Waals surface area contributed by atoms with Crippen LogP contribution >= 0.6 is 23.2 Å². The van der Waals surface area contributed by atoms with Gasteiger partial charge in [0.05, 0.1) is 34.3 Å². The van der Waals surface area contributed by atoms with Crippen LogP contribution in [0.25, 0.3) is 11.3 Å². The van der Waals surface area contributed by atoms with Crippen LogP contribution in [-0.2, 0) is 10.2 Å². The molecule has 1 heterocycles. The van der Waals surface area contributed by atoms with Crippen molar-refractivity contribution < 1.29 is 9.53 Å². The van der Waals surface area contributed by atoms with Crippen molar-refractivity contribution in [2.75, 3.05) is 7.11 Å². The largest absolute Gasteiger partial charge is 0.464 e. The lowest BCUT2D eigenvalue weighted by molar-refractivity contribution is 0.0594. The number of ether oxygens (including phenoxy) is 1. The van der Waals surface area contributed by atoms with Crippen LogP contribution in [0.15, 0.2) is 30.3 Å². The molecule has 116 valence electrons. The molecule has 1 aromatic carbocycles. The third-order valence-electron chi connectivity index (χ3n) is 3.99. The van der Waals surface area contributed by atoms with Crippen molar-refractivity contribution >= 4 is 29.2 Å². The van der Waals surface area contributed by atoms with E-state index in [1.165, 1.54) is 7.11 Å². The molecule has 1 saturated carbocycles. The average Bonchev–Trinajstić information content (AvgIpc) is 3.36. The molecule has 0 bridgehead atoms. The lowest BCUT2D eigenvalue weighted by Gasteiger charge is -2.11. The van der Waals surface area contributed by atoms with Gasteiger partial charge in [-0.1, -0.05) is 35.3 Å². The number of esters is 1. The molecule has 0 amide bonds. The minimum Gasteiger partial charge on any atom is -0.464 e. The highest BCUT2D eigenvalue weighted by Gasteiger charge is 2.45. The normalized spacial score (nSPS) is 14.9. The first kappa shape index (κ1) is 15.8. The van der Waals surface area contributed by atoms with E-state index in [2.05, 4.69) is 15.8 Å². The standard InChI is InChI=1S/C17H12Cl2N2O2/c1-23-16(22)15-12(18)4-5-14(21-15)11-3-2-10(8-13(11)19)17(9-20)6-7-17/h2-5,8H,6-7H2,1H3. The van der Waals surface area contributed by atoms with E-state index in [4.69, 9.17) is 23.2 Å². The van der Waals surface area contributed by atoms with Crippen molar-refractivity contribution in [1.29, 1.82) is 5.26 Å². The van der Waals surface area contributed by atoms with Crippen LogP contribution in [0, 0.1) is 11.3 Å². The van der Waals surface area contributed by atoms with Gasteiger partial charge >= 0.3 is 5.97 Å². The number of nitriles is 1. The molecule has 4 nitrogen and oxygen atoms in total. The van der Waals surface area contributed by atoms with Gasteiger partial charge in [-0.25, -0.2) is 9.78 Å². The molecule has 0 atom stereocenters. The monoisotopic (exact) mass is 346 g/mol.